The van der Waals surface area contributed by atoms with Gasteiger partial charge in [-0.15, -0.1) is 0 Å². The van der Waals surface area contributed by atoms with Crippen molar-refractivity contribution in [3.63, 3.8) is 0 Å². The molecular formula is CH4S140. The maximum absolute atomic E-state index is 5.25. The first-order valence-electron chi connectivity index (χ1n) is 23.6. The molecule has 0 spiro atoms. The van der Waals surface area contributed by atoms with Gasteiger partial charge in [0.25, 0.3) is 0 Å². The normalized spacial score (nSPS) is 12.0. The molecule has 0 amide bonds. The molecule has 0 rings (SSSR count). The topological polar surface area (TPSA) is 0 Å². The fraction of sp³-hybridized carbons (Fsp3) is 1.00. The molecule has 0 radical (unpaired) electrons. The minimum atomic E-state index is -1.31. The SMILES string of the molecule is CS(=S)(=S)SSSSSSSSSSSSSSSSSSSSSSSSSSSSSSSSSSSSSSSSSSSSSSSSSSSSSSSSSSSSSSSSSSSSSSSSSSSSSSSSSSSSSSSSSSSSSSSSSSSSSSSSSSSSSSSSSSSSSSSSSSSSSSSSSSSSSSSSS. The molecule has 0 heterocycles. The summed E-state index contributed by atoms with van der Waals surface area (Å²) in [5.74, 6) is 0. The summed E-state index contributed by atoms with van der Waals surface area (Å²) in [5, 5.41) is 0. The maximum Gasteiger partial charge on any atom is 0.000468 e. The molecule has 0 aliphatic heterocycles. The summed E-state index contributed by atoms with van der Waals surface area (Å²) in [6, 6.07) is 0. The number of rotatable bonds is 136. The van der Waals surface area contributed by atoms with Gasteiger partial charge in [-0.2, -0.15) is 0 Å². The molecular weight excluding hydrogens is 4500 g/mol. The first-order chi connectivity index (χ1) is 70.1. The number of thiol groups is 1. The summed E-state index contributed by atoms with van der Waals surface area (Å²) >= 11 is 14.6. The molecule has 140 heteroatoms. The first-order valence-corrected chi connectivity index (χ1v) is 210. The molecule has 0 fully saturated rings. The third kappa shape index (κ3) is 189. The zero-order chi connectivity index (χ0) is 101. The molecule has 0 unspecified atom stereocenters. The maximum atomic E-state index is 5.25. The van der Waals surface area contributed by atoms with Gasteiger partial charge in [0.05, 0.1) is 0 Å². The van der Waals surface area contributed by atoms with E-state index in [4.69, 9.17) is 22.4 Å². The summed E-state index contributed by atoms with van der Waals surface area (Å²) < 4.78 is 0. The molecule has 0 N–H and O–H groups in total. The molecule has 0 aromatic rings. The highest BCUT2D eigenvalue weighted by Crippen LogP contribution is 2.78. The van der Waals surface area contributed by atoms with Crippen LogP contribution in [0, 0.1) is 0 Å². The molecule has 0 saturated carbocycles. The fourth-order valence-electron chi connectivity index (χ4n) is 1.57. The van der Waals surface area contributed by atoms with E-state index in [1.165, 1.54) is 9.83 Å². The Hall–Kier alpha value is 48.7. The Morgan fingerprint density at radius 1 is 0.0851 bits per heavy atom. The van der Waals surface area contributed by atoms with Crippen molar-refractivity contribution >= 4 is 1380 Å². The van der Waals surface area contributed by atoms with Crippen LogP contribution in [0.1, 0.15) is 0 Å². The Kier molecular flexibility index (Phi) is 246. The van der Waals surface area contributed by atoms with Gasteiger partial charge < -0.3 is 0 Å². The van der Waals surface area contributed by atoms with Crippen molar-refractivity contribution in [2.45, 2.75) is 0 Å². The summed E-state index contributed by atoms with van der Waals surface area (Å²) in [4.78, 5) is 0. The Morgan fingerprint density at radius 3 is 0.170 bits per heavy atom. The van der Waals surface area contributed by atoms with Crippen molar-refractivity contribution in [1.29, 1.82) is 0 Å². The Bertz CT molecular complexity index is 1980. The predicted molar refractivity (Wildman–Crippen MR) is 1070 cm³/mol. The average molecular weight is 4510 g/mol. The van der Waals surface area contributed by atoms with Gasteiger partial charge in [0.1, 0.15) is 0 Å². The summed E-state index contributed by atoms with van der Waals surface area (Å²) in [5.41, 5.74) is 0. The zero-order valence-electron chi connectivity index (χ0n) is 58.2. The van der Waals surface area contributed by atoms with E-state index in [2.05, 4.69) is 11.7 Å². The molecule has 848 valence electrons. The van der Waals surface area contributed by atoms with Crippen LogP contribution in [0.15, 0.2) is 0 Å². The number of hydrogen-bond acceptors (Lipinski definition) is 139. The first kappa shape index (κ1) is 190. The average Bonchev–Trinajstić information content (AvgIpc) is 0.991. The van der Waals surface area contributed by atoms with Gasteiger partial charge in [0, 0.05) is 1190 Å². The van der Waals surface area contributed by atoms with E-state index in [0.717, 1.165) is 0 Å². The highest BCUT2D eigenvalue weighted by molar-refractivity contribution is 9.72. The van der Waals surface area contributed by atoms with Crippen molar-refractivity contribution < 1.29 is 0 Å². The Morgan fingerprint density at radius 2 is 0.128 bits per heavy atom. The minimum Gasteiger partial charge on any atom is -0.0988 e. The molecule has 0 saturated heterocycles. The van der Waals surface area contributed by atoms with Crippen molar-refractivity contribution in [2.75, 3.05) is 6.26 Å². The molecule has 0 bridgehead atoms. The van der Waals surface area contributed by atoms with E-state index < -0.39 is 6.18 Å². The van der Waals surface area contributed by atoms with Gasteiger partial charge in [-0.1, -0.05) is 11.7 Å². The van der Waals surface area contributed by atoms with Gasteiger partial charge in [-0.05, 0) is 186 Å². The number of hydrogen-bond donors (Lipinski definition) is 1. The van der Waals surface area contributed by atoms with Crippen molar-refractivity contribution in [2.24, 2.45) is 0 Å². The van der Waals surface area contributed by atoms with Crippen LogP contribution in [0.5, 0.6) is 0 Å². The summed E-state index contributed by atoms with van der Waals surface area (Å²) in [7, 11) is 248. The van der Waals surface area contributed by atoms with E-state index in [9.17, 15) is 0 Å². The monoisotopic (exact) mass is 4490 g/mol. The van der Waals surface area contributed by atoms with Crippen LogP contribution >= 0.6 is 1350 Å². The van der Waals surface area contributed by atoms with Gasteiger partial charge >= 0.3 is 0 Å². The zero-order valence-corrected chi connectivity index (χ0v) is 173. The second kappa shape index (κ2) is 183. The van der Waals surface area contributed by atoms with Crippen LogP contribution in [0.25, 0.3) is 0 Å². The molecule has 0 aromatic carbocycles. The lowest BCUT2D eigenvalue weighted by Crippen LogP contribution is -1.75. The van der Waals surface area contributed by atoms with Gasteiger partial charge in [-0.3, -0.25) is 0 Å². The lowest BCUT2D eigenvalue weighted by atomic mass is 12.0. The predicted octanol–water partition coefficient (Wildman–Crippen LogP) is 88.7. The van der Waals surface area contributed by atoms with Crippen LogP contribution in [0.3, 0.4) is 0 Å². The van der Waals surface area contributed by atoms with E-state index >= 15 is 0 Å². The Labute approximate surface area is 1340 Å². The Balaban J connectivity index is 3.11. The second-order valence-corrected chi connectivity index (χ2v) is 260. The third-order valence-corrected chi connectivity index (χ3v) is 310. The smallest absolute Gasteiger partial charge is 0.000468 e. The minimum absolute atomic E-state index is 1.31. The van der Waals surface area contributed by atoms with Gasteiger partial charge in [-0.25, -0.2) is 0 Å². The standard InChI is InChI=1S/CH4S140/c1-141(3,4)140-139-138-137-136-135-134-133-132-131-130-129-128-127-126-125-124-123-122-121-120-119-118-117-116-115-114-113-112-111-110-109-108-107-106-105-104-103-102-101-100-99-98-97-96-95-94-93-92-91-90-89-88-87-86-85-84-83-82-81-80-79-78-77-76-75-74-73-72-71-70-69-68-67-66-65-64-63-62-61-60-59-58-57-56-55-54-53-52-51-50-49-48-47-46-45-44-43-42-41-40-39-38-37-36-35-34-33-32-31-30-29-28-27-26-25-24-23-22-21-20-19-18-17-16-15-14-13-12-11-10-9-8-7-6-5-2/h2H,1H3. The van der Waals surface area contributed by atoms with Crippen molar-refractivity contribution in [1.82, 2.24) is 0 Å². The highest BCUT2D eigenvalue weighted by Gasteiger charge is 2.13. The fourth-order valence-corrected chi connectivity index (χ4v) is 377. The summed E-state index contributed by atoms with van der Waals surface area (Å²) in [6.07, 6.45) is 0.651. The van der Waals surface area contributed by atoms with E-state index in [1.807, 2.05) is 1210 Å². The lowest BCUT2D eigenvalue weighted by Gasteiger charge is -2.00. The summed E-state index contributed by atoms with van der Waals surface area (Å²) in [6.45, 7) is 0. The van der Waals surface area contributed by atoms with Crippen LogP contribution in [-0.2, 0) is 28.6 Å². The van der Waals surface area contributed by atoms with Crippen LogP contribution in [-0.4, -0.2) is 6.26 Å². The molecule has 0 aliphatic rings. The third-order valence-electron chi connectivity index (χ3n) is 3.88. The molecule has 0 aliphatic carbocycles. The second-order valence-electron chi connectivity index (χ2n) is 9.96. The van der Waals surface area contributed by atoms with Crippen LogP contribution in [0.2, 0.25) is 0 Å². The quantitative estimate of drug-likeness (QED) is 0.0349. The molecule has 141 heavy (non-hydrogen) atoms. The molecule has 0 nitrogen and oxygen atoms in total. The van der Waals surface area contributed by atoms with E-state index in [-0.39, 0.29) is 0 Å². The van der Waals surface area contributed by atoms with Crippen LogP contribution < -0.4 is 0 Å². The highest BCUT2D eigenvalue weighted by atomic mass is 34.2. The largest absolute Gasteiger partial charge is 0.0988 e. The van der Waals surface area contributed by atoms with Gasteiger partial charge in [0.15, 0.2) is 0 Å². The van der Waals surface area contributed by atoms with E-state index in [1.54, 1.807) is 128 Å². The van der Waals surface area contributed by atoms with Gasteiger partial charge in [0.2, 0.25) is 0 Å². The lowest BCUT2D eigenvalue weighted by molar-refractivity contribution is 2.53. The van der Waals surface area contributed by atoms with Crippen LogP contribution in [0.4, 0.5) is 0 Å². The molecule has 0 atom stereocenters. The van der Waals surface area contributed by atoms with Crippen molar-refractivity contribution in [3.8, 4) is 0 Å². The van der Waals surface area contributed by atoms with E-state index in [0.29, 0.717) is 0 Å². The molecule has 0 aromatic heterocycles. The van der Waals surface area contributed by atoms with Crippen molar-refractivity contribution in [3.05, 3.63) is 0 Å².